The van der Waals surface area contributed by atoms with Gasteiger partial charge < -0.3 is 10.2 Å². The lowest BCUT2D eigenvalue weighted by molar-refractivity contribution is -0.134. The SMILES string of the molecule is CCCNC(=O)CN(CCc1ccc(Cl)cc1Cl)C(C)=O. The predicted octanol–water partition coefficient (Wildman–Crippen LogP) is 2.91. The highest BCUT2D eigenvalue weighted by Crippen LogP contribution is 2.21. The van der Waals surface area contributed by atoms with Crippen LogP contribution in [0.2, 0.25) is 10.0 Å². The van der Waals surface area contributed by atoms with E-state index in [0.29, 0.717) is 29.6 Å². The second kappa shape index (κ2) is 8.90. The van der Waals surface area contributed by atoms with E-state index in [1.807, 2.05) is 13.0 Å². The summed E-state index contributed by atoms with van der Waals surface area (Å²) in [4.78, 5) is 24.8. The Morgan fingerprint density at radius 3 is 2.57 bits per heavy atom. The molecule has 1 aromatic carbocycles. The average Bonchev–Trinajstić information content (AvgIpc) is 2.42. The Morgan fingerprint density at radius 2 is 2.00 bits per heavy atom. The minimum Gasteiger partial charge on any atom is -0.355 e. The lowest BCUT2D eigenvalue weighted by Gasteiger charge is -2.20. The number of hydrogen-bond donors (Lipinski definition) is 1. The van der Waals surface area contributed by atoms with E-state index < -0.39 is 0 Å². The van der Waals surface area contributed by atoms with Gasteiger partial charge in [-0.3, -0.25) is 9.59 Å². The largest absolute Gasteiger partial charge is 0.355 e. The number of carbonyl (C=O) groups is 2. The van der Waals surface area contributed by atoms with Gasteiger partial charge in [-0.2, -0.15) is 0 Å². The molecule has 1 rings (SSSR count). The van der Waals surface area contributed by atoms with E-state index >= 15 is 0 Å². The summed E-state index contributed by atoms with van der Waals surface area (Å²) in [6.07, 6.45) is 1.45. The zero-order chi connectivity index (χ0) is 15.8. The highest BCUT2D eigenvalue weighted by atomic mass is 35.5. The summed E-state index contributed by atoms with van der Waals surface area (Å²) in [5.41, 5.74) is 0.904. The van der Waals surface area contributed by atoms with Crippen LogP contribution < -0.4 is 5.32 Å². The molecule has 0 spiro atoms. The monoisotopic (exact) mass is 330 g/mol. The number of benzene rings is 1. The van der Waals surface area contributed by atoms with Crippen molar-refractivity contribution in [1.82, 2.24) is 10.2 Å². The van der Waals surface area contributed by atoms with Crippen LogP contribution in [0.1, 0.15) is 25.8 Å². The standard InChI is InChI=1S/C15H20Cl2N2O2/c1-3-7-18-15(21)10-19(11(2)20)8-6-12-4-5-13(16)9-14(12)17/h4-5,9H,3,6-8,10H2,1-2H3,(H,18,21). The predicted molar refractivity (Wildman–Crippen MR) is 85.7 cm³/mol. The topological polar surface area (TPSA) is 49.4 Å². The van der Waals surface area contributed by atoms with Crippen molar-refractivity contribution in [2.24, 2.45) is 0 Å². The van der Waals surface area contributed by atoms with E-state index in [0.717, 1.165) is 12.0 Å². The second-order valence-corrected chi connectivity index (χ2v) is 5.62. The number of carbonyl (C=O) groups excluding carboxylic acids is 2. The number of amides is 2. The first-order valence-electron chi connectivity index (χ1n) is 6.90. The molecule has 21 heavy (non-hydrogen) atoms. The number of rotatable bonds is 7. The highest BCUT2D eigenvalue weighted by molar-refractivity contribution is 6.35. The van der Waals surface area contributed by atoms with E-state index in [2.05, 4.69) is 5.32 Å². The smallest absolute Gasteiger partial charge is 0.239 e. The first kappa shape index (κ1) is 17.8. The van der Waals surface area contributed by atoms with Crippen LogP contribution in [0.4, 0.5) is 0 Å². The fourth-order valence-corrected chi connectivity index (χ4v) is 2.32. The number of nitrogens with zero attached hydrogens (tertiary/aromatic N) is 1. The van der Waals surface area contributed by atoms with Crippen LogP contribution in [0.25, 0.3) is 0 Å². The van der Waals surface area contributed by atoms with Crippen LogP contribution in [-0.4, -0.2) is 36.3 Å². The van der Waals surface area contributed by atoms with Gasteiger partial charge in [-0.1, -0.05) is 36.2 Å². The van der Waals surface area contributed by atoms with Crippen LogP contribution in [-0.2, 0) is 16.0 Å². The Bertz CT molecular complexity index is 506. The van der Waals surface area contributed by atoms with Crippen molar-refractivity contribution in [3.63, 3.8) is 0 Å². The van der Waals surface area contributed by atoms with Gasteiger partial charge in [-0.15, -0.1) is 0 Å². The van der Waals surface area contributed by atoms with Gasteiger partial charge in [-0.05, 0) is 30.5 Å². The Balaban J connectivity index is 2.58. The van der Waals surface area contributed by atoms with E-state index in [1.54, 1.807) is 12.1 Å². The molecular weight excluding hydrogens is 311 g/mol. The molecule has 0 radical (unpaired) electrons. The van der Waals surface area contributed by atoms with Crippen LogP contribution in [0.5, 0.6) is 0 Å². The summed E-state index contributed by atoms with van der Waals surface area (Å²) >= 11 is 11.9. The van der Waals surface area contributed by atoms with E-state index in [4.69, 9.17) is 23.2 Å². The zero-order valence-electron chi connectivity index (χ0n) is 12.3. The maximum absolute atomic E-state index is 11.7. The van der Waals surface area contributed by atoms with Gasteiger partial charge >= 0.3 is 0 Å². The third-order valence-electron chi connectivity index (χ3n) is 3.02. The summed E-state index contributed by atoms with van der Waals surface area (Å²) in [5.74, 6) is -0.277. The fourth-order valence-electron chi connectivity index (χ4n) is 1.82. The molecule has 0 aliphatic carbocycles. The van der Waals surface area contributed by atoms with E-state index in [9.17, 15) is 9.59 Å². The van der Waals surface area contributed by atoms with Crippen LogP contribution in [0.3, 0.4) is 0 Å². The summed E-state index contributed by atoms with van der Waals surface area (Å²) < 4.78 is 0. The van der Waals surface area contributed by atoms with Crippen molar-refractivity contribution in [3.05, 3.63) is 33.8 Å². The summed E-state index contributed by atoms with van der Waals surface area (Å²) in [6, 6.07) is 5.26. The zero-order valence-corrected chi connectivity index (χ0v) is 13.8. The van der Waals surface area contributed by atoms with Gasteiger partial charge in [0.1, 0.15) is 0 Å². The van der Waals surface area contributed by atoms with E-state index in [-0.39, 0.29) is 18.4 Å². The van der Waals surface area contributed by atoms with Gasteiger partial charge in [-0.25, -0.2) is 0 Å². The summed E-state index contributed by atoms with van der Waals surface area (Å²) in [7, 11) is 0. The van der Waals surface area contributed by atoms with Crippen LogP contribution >= 0.6 is 23.2 Å². The Hall–Kier alpha value is -1.26. The molecule has 0 unspecified atom stereocenters. The quantitative estimate of drug-likeness (QED) is 0.835. The van der Waals surface area contributed by atoms with Crippen molar-refractivity contribution in [1.29, 1.82) is 0 Å². The second-order valence-electron chi connectivity index (χ2n) is 4.78. The van der Waals surface area contributed by atoms with Crippen molar-refractivity contribution in [3.8, 4) is 0 Å². The van der Waals surface area contributed by atoms with Gasteiger partial charge in [0, 0.05) is 30.1 Å². The Kier molecular flexibility index (Phi) is 7.54. The molecule has 0 saturated carbocycles. The van der Waals surface area contributed by atoms with Gasteiger partial charge in [0.15, 0.2) is 0 Å². The van der Waals surface area contributed by atoms with Crippen LogP contribution in [0.15, 0.2) is 18.2 Å². The molecule has 0 aromatic heterocycles. The van der Waals surface area contributed by atoms with Gasteiger partial charge in [0.2, 0.25) is 11.8 Å². The first-order valence-corrected chi connectivity index (χ1v) is 7.65. The molecule has 0 aliphatic rings. The van der Waals surface area contributed by atoms with E-state index in [1.165, 1.54) is 11.8 Å². The maximum atomic E-state index is 11.7. The lowest BCUT2D eigenvalue weighted by Crippen LogP contribution is -2.40. The first-order chi connectivity index (χ1) is 9.93. The fraction of sp³-hybridized carbons (Fsp3) is 0.467. The van der Waals surface area contributed by atoms with Crippen molar-refractivity contribution in [2.45, 2.75) is 26.7 Å². The molecule has 0 aliphatic heterocycles. The number of hydrogen-bond acceptors (Lipinski definition) is 2. The number of halogens is 2. The third-order valence-corrected chi connectivity index (χ3v) is 3.61. The Morgan fingerprint density at radius 1 is 1.29 bits per heavy atom. The summed E-state index contributed by atoms with van der Waals surface area (Å²) in [5, 5.41) is 3.90. The molecule has 0 bridgehead atoms. The van der Waals surface area contributed by atoms with Crippen LogP contribution in [0, 0.1) is 0 Å². The van der Waals surface area contributed by atoms with Crippen molar-refractivity contribution < 1.29 is 9.59 Å². The molecule has 0 fully saturated rings. The average molecular weight is 331 g/mol. The molecule has 2 amide bonds. The van der Waals surface area contributed by atoms with Gasteiger partial charge in [0.05, 0.1) is 6.54 Å². The minimum absolute atomic E-state index is 0.0700. The molecule has 1 aromatic rings. The molecule has 1 N–H and O–H groups in total. The highest BCUT2D eigenvalue weighted by Gasteiger charge is 2.14. The molecule has 0 heterocycles. The molecule has 4 nitrogen and oxygen atoms in total. The molecule has 0 atom stereocenters. The van der Waals surface area contributed by atoms with Crippen molar-refractivity contribution >= 4 is 35.0 Å². The molecule has 116 valence electrons. The summed E-state index contributed by atoms with van der Waals surface area (Å²) in [6.45, 7) is 4.56. The van der Waals surface area contributed by atoms with Gasteiger partial charge in [0.25, 0.3) is 0 Å². The minimum atomic E-state index is -0.144. The number of nitrogens with one attached hydrogen (secondary N) is 1. The van der Waals surface area contributed by atoms with Crippen molar-refractivity contribution in [2.75, 3.05) is 19.6 Å². The lowest BCUT2D eigenvalue weighted by atomic mass is 10.1. The third kappa shape index (κ3) is 6.36. The molecular formula is C15H20Cl2N2O2. The Labute approximate surface area is 135 Å². The molecule has 6 heteroatoms. The molecule has 0 saturated heterocycles. The normalized spacial score (nSPS) is 10.3. The maximum Gasteiger partial charge on any atom is 0.239 e.